The molecule has 30 heavy (non-hydrogen) atoms. The maximum absolute atomic E-state index is 12.4. The summed E-state index contributed by atoms with van der Waals surface area (Å²) in [5.74, 6) is -1.47. The first kappa shape index (κ1) is 21.8. The Morgan fingerprint density at radius 3 is 2.13 bits per heavy atom. The van der Waals surface area contributed by atoms with Crippen LogP contribution in [0.25, 0.3) is 0 Å². The Labute approximate surface area is 190 Å². The smallest absolute Gasteiger partial charge is 0.271 e. The Morgan fingerprint density at radius 2 is 1.43 bits per heavy atom. The molecule has 3 aromatic carbocycles. The highest BCUT2D eigenvalue weighted by atomic mass is 79.9. The van der Waals surface area contributed by atoms with Gasteiger partial charge in [0.15, 0.2) is 0 Å². The molecule has 0 radical (unpaired) electrons. The molecule has 0 spiro atoms. The number of hydrogen-bond acceptors (Lipinski definition) is 3. The van der Waals surface area contributed by atoms with E-state index < -0.39 is 11.8 Å². The van der Waals surface area contributed by atoms with E-state index in [1.807, 2.05) is 0 Å². The molecule has 0 aromatic heterocycles. The van der Waals surface area contributed by atoms with Crippen molar-refractivity contribution in [3.63, 3.8) is 0 Å². The lowest BCUT2D eigenvalue weighted by atomic mass is 10.1. The van der Waals surface area contributed by atoms with E-state index in [-0.39, 0.29) is 22.1 Å². The first-order valence-electron chi connectivity index (χ1n) is 8.56. The fraction of sp³-hybridized carbons (Fsp3) is 0. The summed E-state index contributed by atoms with van der Waals surface area (Å²) in [5, 5.41) is 3.28. The van der Waals surface area contributed by atoms with Gasteiger partial charge in [-0.3, -0.25) is 25.2 Å². The van der Waals surface area contributed by atoms with Gasteiger partial charge in [-0.05, 0) is 60.7 Å². The second-order valence-electron chi connectivity index (χ2n) is 6.07. The average molecular weight is 507 g/mol. The van der Waals surface area contributed by atoms with Crippen LogP contribution in [-0.4, -0.2) is 17.7 Å². The van der Waals surface area contributed by atoms with Crippen LogP contribution in [-0.2, 0) is 0 Å². The van der Waals surface area contributed by atoms with Gasteiger partial charge in [-0.2, -0.15) is 0 Å². The van der Waals surface area contributed by atoms with Gasteiger partial charge >= 0.3 is 0 Å². The van der Waals surface area contributed by atoms with E-state index in [1.54, 1.807) is 42.5 Å². The quantitative estimate of drug-likeness (QED) is 0.431. The Bertz CT molecular complexity index is 1120. The lowest BCUT2D eigenvalue weighted by Gasteiger charge is -2.10. The molecule has 152 valence electrons. The largest absolute Gasteiger partial charge is 0.322 e. The van der Waals surface area contributed by atoms with E-state index in [1.165, 1.54) is 24.3 Å². The molecule has 0 unspecified atom stereocenters. The topological polar surface area (TPSA) is 87.3 Å². The van der Waals surface area contributed by atoms with E-state index in [0.717, 1.165) is 4.47 Å². The van der Waals surface area contributed by atoms with Gasteiger partial charge in [0.25, 0.3) is 17.7 Å². The highest BCUT2D eigenvalue weighted by Crippen LogP contribution is 2.20. The van der Waals surface area contributed by atoms with Crippen molar-refractivity contribution in [2.45, 2.75) is 0 Å². The number of amides is 3. The Morgan fingerprint density at radius 1 is 0.733 bits per heavy atom. The van der Waals surface area contributed by atoms with Crippen molar-refractivity contribution < 1.29 is 14.4 Å². The Kier molecular flexibility index (Phi) is 7.10. The summed E-state index contributed by atoms with van der Waals surface area (Å²) in [6, 6.07) is 17.6. The summed E-state index contributed by atoms with van der Waals surface area (Å²) in [6.45, 7) is 0. The first-order valence-corrected chi connectivity index (χ1v) is 10.1. The molecule has 3 rings (SSSR count). The van der Waals surface area contributed by atoms with Crippen LogP contribution in [0.15, 0.2) is 71.2 Å². The molecule has 0 aliphatic carbocycles. The van der Waals surface area contributed by atoms with Gasteiger partial charge in [0, 0.05) is 26.3 Å². The molecule has 0 aliphatic heterocycles. The normalized spacial score (nSPS) is 10.2. The monoisotopic (exact) mass is 505 g/mol. The van der Waals surface area contributed by atoms with E-state index in [2.05, 4.69) is 32.1 Å². The molecule has 0 aliphatic rings. The maximum atomic E-state index is 12.4. The van der Waals surface area contributed by atoms with Crippen molar-refractivity contribution in [1.29, 1.82) is 0 Å². The number of halogens is 3. The van der Waals surface area contributed by atoms with Gasteiger partial charge in [0.2, 0.25) is 0 Å². The van der Waals surface area contributed by atoms with Gasteiger partial charge in [-0.25, -0.2) is 0 Å². The fourth-order valence-electron chi connectivity index (χ4n) is 2.47. The molecule has 0 bridgehead atoms. The summed E-state index contributed by atoms with van der Waals surface area (Å²) >= 11 is 15.1. The van der Waals surface area contributed by atoms with Gasteiger partial charge in [0.1, 0.15) is 0 Å². The van der Waals surface area contributed by atoms with E-state index >= 15 is 0 Å². The number of nitrogens with one attached hydrogen (secondary N) is 3. The van der Waals surface area contributed by atoms with E-state index in [0.29, 0.717) is 16.3 Å². The predicted octanol–water partition coefficient (Wildman–Crippen LogP) is 5.08. The zero-order valence-corrected chi connectivity index (χ0v) is 18.3. The molecule has 3 aromatic rings. The SMILES string of the molecule is O=C(NNC(=O)c1ccc(Cl)cc1Cl)c1cccc(NC(=O)c2ccc(Br)cc2)c1. The highest BCUT2D eigenvalue weighted by Gasteiger charge is 2.13. The molecule has 9 heteroatoms. The third-order valence-electron chi connectivity index (χ3n) is 3.95. The van der Waals surface area contributed by atoms with Crippen LogP contribution in [0.4, 0.5) is 5.69 Å². The zero-order chi connectivity index (χ0) is 21.7. The highest BCUT2D eigenvalue weighted by molar-refractivity contribution is 9.10. The second kappa shape index (κ2) is 9.75. The standard InChI is InChI=1S/C21H14BrCl2N3O3/c22-14-6-4-12(5-7-14)19(28)25-16-3-1-2-13(10-16)20(29)26-27-21(30)17-9-8-15(23)11-18(17)24/h1-11H,(H,25,28)(H,26,29)(H,27,30). The molecule has 0 saturated carbocycles. The Hall–Kier alpha value is -2.87. The molecule has 0 fully saturated rings. The lowest BCUT2D eigenvalue weighted by molar-refractivity contribution is 0.0847. The second-order valence-corrected chi connectivity index (χ2v) is 7.83. The van der Waals surface area contributed by atoms with Crippen molar-refractivity contribution >= 4 is 62.5 Å². The molecule has 0 heterocycles. The molecule has 3 N–H and O–H groups in total. The van der Waals surface area contributed by atoms with Crippen LogP contribution in [0.3, 0.4) is 0 Å². The van der Waals surface area contributed by atoms with Crippen LogP contribution in [0.5, 0.6) is 0 Å². The number of hydrogen-bond donors (Lipinski definition) is 3. The third kappa shape index (κ3) is 5.60. The van der Waals surface area contributed by atoms with E-state index in [4.69, 9.17) is 23.2 Å². The molecule has 0 saturated heterocycles. The van der Waals surface area contributed by atoms with Crippen molar-refractivity contribution in [2.75, 3.05) is 5.32 Å². The summed E-state index contributed by atoms with van der Waals surface area (Å²) in [5.41, 5.74) is 5.91. The minimum atomic E-state index is -0.593. The average Bonchev–Trinajstić information content (AvgIpc) is 2.72. The van der Waals surface area contributed by atoms with Crippen LogP contribution in [0.1, 0.15) is 31.1 Å². The van der Waals surface area contributed by atoms with E-state index in [9.17, 15) is 14.4 Å². The number of benzene rings is 3. The minimum absolute atomic E-state index is 0.159. The minimum Gasteiger partial charge on any atom is -0.322 e. The van der Waals surface area contributed by atoms with Crippen molar-refractivity contribution in [3.05, 3.63) is 97.9 Å². The van der Waals surface area contributed by atoms with Crippen LogP contribution in [0, 0.1) is 0 Å². The predicted molar refractivity (Wildman–Crippen MR) is 120 cm³/mol. The van der Waals surface area contributed by atoms with Crippen LogP contribution >= 0.6 is 39.1 Å². The molecular formula is C21H14BrCl2N3O3. The summed E-state index contributed by atoms with van der Waals surface area (Å²) in [6.07, 6.45) is 0. The maximum Gasteiger partial charge on any atom is 0.271 e. The Balaban J connectivity index is 1.63. The van der Waals surface area contributed by atoms with Gasteiger partial charge in [0.05, 0.1) is 10.6 Å². The van der Waals surface area contributed by atoms with Gasteiger partial charge in [-0.1, -0.05) is 45.2 Å². The summed E-state index contributed by atoms with van der Waals surface area (Å²) in [7, 11) is 0. The molecular weight excluding hydrogens is 493 g/mol. The number of rotatable bonds is 4. The number of hydrazine groups is 1. The fourth-order valence-corrected chi connectivity index (χ4v) is 3.23. The summed E-state index contributed by atoms with van der Waals surface area (Å²) in [4.78, 5) is 36.9. The van der Waals surface area contributed by atoms with Crippen molar-refractivity contribution in [2.24, 2.45) is 0 Å². The zero-order valence-electron chi connectivity index (χ0n) is 15.2. The lowest BCUT2D eigenvalue weighted by Crippen LogP contribution is -2.41. The molecule has 3 amide bonds. The number of carbonyl (C=O) groups excluding carboxylic acids is 3. The first-order chi connectivity index (χ1) is 14.3. The number of anilines is 1. The van der Waals surface area contributed by atoms with Crippen LogP contribution in [0.2, 0.25) is 10.0 Å². The van der Waals surface area contributed by atoms with Gasteiger partial charge in [-0.15, -0.1) is 0 Å². The third-order valence-corrected chi connectivity index (χ3v) is 5.03. The van der Waals surface area contributed by atoms with Crippen LogP contribution < -0.4 is 16.2 Å². The molecule has 6 nitrogen and oxygen atoms in total. The molecule has 0 atom stereocenters. The summed E-state index contributed by atoms with van der Waals surface area (Å²) < 4.78 is 0.861. The van der Waals surface area contributed by atoms with Crippen molar-refractivity contribution in [1.82, 2.24) is 10.9 Å². The van der Waals surface area contributed by atoms with Crippen molar-refractivity contribution in [3.8, 4) is 0 Å². The van der Waals surface area contributed by atoms with Gasteiger partial charge < -0.3 is 5.32 Å². The number of carbonyl (C=O) groups is 3.